The number of hydrogen-bond acceptors (Lipinski definition) is 0. The van der Waals surface area contributed by atoms with Gasteiger partial charge < -0.3 is 0 Å². The number of aryl methyl sites for hydroxylation is 2. The van der Waals surface area contributed by atoms with E-state index in [1.807, 2.05) is 0 Å². The van der Waals surface area contributed by atoms with Crippen LogP contribution < -0.4 is 0 Å². The molecule has 8 aromatic rings. The molecule has 0 amide bonds. The molecule has 0 spiro atoms. The fourth-order valence-corrected chi connectivity index (χ4v) is 44.3. The van der Waals surface area contributed by atoms with Crippen molar-refractivity contribution in [1.29, 1.82) is 0 Å². The van der Waals surface area contributed by atoms with Gasteiger partial charge in [-0.25, -0.2) is 0 Å². The zero-order valence-corrected chi connectivity index (χ0v) is 55.4. The molecule has 4 heteroatoms. The summed E-state index contributed by atoms with van der Waals surface area (Å²) >= 11 is -5.66. The zero-order valence-electron chi connectivity index (χ0n) is 50.3. The molecule has 0 radical (unpaired) electrons. The second kappa shape index (κ2) is 21.9. The summed E-state index contributed by atoms with van der Waals surface area (Å²) in [5.41, 5.74) is 26.0. The van der Waals surface area contributed by atoms with Gasteiger partial charge >= 0.3 is 495 Å². The van der Waals surface area contributed by atoms with Gasteiger partial charge in [0.05, 0.1) is 0 Å². The first kappa shape index (κ1) is 58.1. The molecular weight excluding hydrogens is 1100 g/mol. The van der Waals surface area contributed by atoms with Crippen molar-refractivity contribution >= 4 is 35.1 Å². The first-order valence-electron chi connectivity index (χ1n) is 29.6. The molecule has 0 aliphatic heterocycles. The maximum absolute atomic E-state index is 9.73. The van der Waals surface area contributed by atoms with Crippen molar-refractivity contribution in [2.45, 2.75) is 151 Å². The van der Waals surface area contributed by atoms with Gasteiger partial charge in [-0.2, -0.15) is 0 Å². The van der Waals surface area contributed by atoms with Crippen molar-refractivity contribution in [2.75, 3.05) is 0 Å². The van der Waals surface area contributed by atoms with Crippen molar-refractivity contribution < 1.29 is 15.6 Å². The topological polar surface area (TPSA) is 0 Å². The molecule has 0 nitrogen and oxygen atoms in total. The van der Waals surface area contributed by atoms with Crippen molar-refractivity contribution in [3.63, 3.8) is 0 Å². The normalized spacial score (nSPS) is 16.2. The number of fused-ring (bicyclic) bond motifs is 2. The van der Waals surface area contributed by atoms with E-state index in [9.17, 15) is 17.0 Å². The molecular formula is C76H85Cl2SiZr. The van der Waals surface area contributed by atoms with Gasteiger partial charge in [0.25, 0.3) is 0 Å². The van der Waals surface area contributed by atoms with E-state index in [1.165, 1.54) is 111 Å². The van der Waals surface area contributed by atoms with E-state index in [2.05, 4.69) is 290 Å². The van der Waals surface area contributed by atoms with Crippen LogP contribution in [-0.2, 0) is 50.1 Å². The molecule has 2 aliphatic carbocycles. The predicted molar refractivity (Wildman–Crippen MR) is 351 cm³/mol. The van der Waals surface area contributed by atoms with Crippen LogP contribution in [0, 0.1) is 0 Å². The summed E-state index contributed by atoms with van der Waals surface area (Å²) in [5.74, 6) is -2.08. The Hall–Kier alpha value is -5.08. The molecule has 0 bridgehead atoms. The van der Waals surface area contributed by atoms with E-state index < -0.39 is 21.5 Å². The van der Waals surface area contributed by atoms with E-state index in [-0.39, 0.29) is 28.9 Å². The fourth-order valence-electron chi connectivity index (χ4n) is 13.1. The molecule has 411 valence electrons. The molecule has 0 N–H and O–H groups in total. The summed E-state index contributed by atoms with van der Waals surface area (Å²) in [7, 11) is 19.5. The summed E-state index contributed by atoms with van der Waals surface area (Å²) in [4.78, 5) is 0. The Morgan fingerprint density at radius 1 is 0.338 bits per heavy atom. The average Bonchev–Trinajstić information content (AvgIpc) is 4.20. The summed E-state index contributed by atoms with van der Waals surface area (Å²) in [6.07, 6.45) is 8.73. The Morgan fingerprint density at radius 2 is 0.600 bits per heavy atom. The van der Waals surface area contributed by atoms with E-state index in [4.69, 9.17) is 0 Å². The molecule has 0 fully saturated rings. The van der Waals surface area contributed by atoms with Gasteiger partial charge in [0.2, 0.25) is 0 Å². The molecule has 2 unspecified atom stereocenters. The maximum atomic E-state index is 9.73. The van der Waals surface area contributed by atoms with E-state index in [0.717, 1.165) is 25.7 Å². The Balaban J connectivity index is 1.29. The molecule has 8 aromatic carbocycles. The van der Waals surface area contributed by atoms with Crippen LogP contribution in [-0.4, -0.2) is 5.92 Å². The molecule has 80 heavy (non-hydrogen) atoms. The average molecular weight is 1190 g/mol. The van der Waals surface area contributed by atoms with Crippen molar-refractivity contribution in [3.8, 4) is 44.5 Å². The van der Waals surface area contributed by atoms with Crippen LogP contribution in [0.15, 0.2) is 193 Å². The van der Waals surface area contributed by atoms with Gasteiger partial charge in [-0.05, 0) is 0 Å². The standard InChI is InChI=1S/2C37H39.C2H7Si.2ClH.Zr/c2*1-36(2,3)30-18-14-28(15-19-30)32-22-23-33(29-16-20-31(21-17-29)37(4,5)6)35-25-27(24-34(32)35)13-12-26-10-8-7-9-11-26;1-3-2;;;/h2*7-11,14-25H,12-13H2,1-6H3;3H,1-2H3;2*1H;/q;;;;;+2/p-2. The first-order chi connectivity index (χ1) is 37.7. The zero-order chi connectivity index (χ0) is 57.2. The predicted octanol–water partition coefficient (Wildman–Crippen LogP) is 22.4. The summed E-state index contributed by atoms with van der Waals surface area (Å²) < 4.78 is -0.309. The van der Waals surface area contributed by atoms with Crippen LogP contribution >= 0.6 is 17.0 Å². The van der Waals surface area contributed by atoms with E-state index >= 15 is 0 Å². The van der Waals surface area contributed by atoms with Crippen molar-refractivity contribution in [2.24, 2.45) is 0 Å². The van der Waals surface area contributed by atoms with Gasteiger partial charge in [-0.3, -0.25) is 0 Å². The van der Waals surface area contributed by atoms with Crippen molar-refractivity contribution in [3.05, 3.63) is 249 Å². The van der Waals surface area contributed by atoms with Gasteiger partial charge in [0.1, 0.15) is 0 Å². The quantitative estimate of drug-likeness (QED) is 0.101. The van der Waals surface area contributed by atoms with Crippen LogP contribution in [0.2, 0.25) is 13.1 Å². The third-order valence-corrected chi connectivity index (χ3v) is 69.8. The fraction of sp³-hybridized carbons (Fsp3) is 0.316. The van der Waals surface area contributed by atoms with Gasteiger partial charge in [-0.1, -0.05) is 0 Å². The summed E-state index contributed by atoms with van der Waals surface area (Å²) in [6.45, 7) is 32.7. The minimum atomic E-state index is -5.66. The van der Waals surface area contributed by atoms with Gasteiger partial charge in [-0.15, -0.1) is 0 Å². The molecule has 0 saturated heterocycles. The number of rotatable bonds is 13. The van der Waals surface area contributed by atoms with Crippen LogP contribution in [0.1, 0.15) is 159 Å². The number of halogens is 2. The molecule has 0 saturated carbocycles. The number of hydrogen-bond donors (Lipinski definition) is 0. The molecule has 2 aliphatic rings. The van der Waals surface area contributed by atoms with Crippen molar-refractivity contribution in [1.82, 2.24) is 0 Å². The third kappa shape index (κ3) is 11.3. The molecule has 0 heterocycles. The number of benzene rings is 8. The second-order valence-electron chi connectivity index (χ2n) is 27.9. The van der Waals surface area contributed by atoms with Crippen LogP contribution in [0.5, 0.6) is 0 Å². The minimum absolute atomic E-state index is 0.0139. The van der Waals surface area contributed by atoms with Crippen LogP contribution in [0.4, 0.5) is 0 Å². The third-order valence-electron chi connectivity index (χ3n) is 18.1. The first-order valence-corrected chi connectivity index (χ1v) is 45.9. The van der Waals surface area contributed by atoms with Crippen LogP contribution in [0.25, 0.3) is 56.7 Å². The Labute approximate surface area is 490 Å². The monoisotopic (exact) mass is 1190 g/mol. The van der Waals surface area contributed by atoms with E-state index in [1.54, 1.807) is 0 Å². The van der Waals surface area contributed by atoms with E-state index in [0.29, 0.717) is 0 Å². The number of allylic oxidation sites excluding steroid dienone is 2. The Morgan fingerprint density at radius 3 is 0.863 bits per heavy atom. The second-order valence-corrected chi connectivity index (χ2v) is 70.4. The summed E-state index contributed by atoms with van der Waals surface area (Å²) in [6, 6.07) is 69.5. The Bertz CT molecular complexity index is 3360. The molecule has 0 aromatic heterocycles. The van der Waals surface area contributed by atoms with Gasteiger partial charge in [0.15, 0.2) is 0 Å². The van der Waals surface area contributed by atoms with Gasteiger partial charge in [0, 0.05) is 0 Å². The molecule has 2 atom stereocenters. The molecule has 10 rings (SSSR count). The summed E-state index contributed by atoms with van der Waals surface area (Å²) in [5, 5.41) is 0. The SMILES string of the molecule is C[SiH](C)[Zr]([Cl])([Cl])([CH]1C(CCc2ccccc2)=Cc2c(-c3ccc(C(C)(C)C)cc3)ccc(-c3ccc(C(C)(C)C)cc3)c21)[CH]1C(CCc2ccccc2)=Cc2c(-c3ccc(C(C)(C)C)cc3)ccc(-c3ccc(C(C)(C)C)cc3)c21. The van der Waals surface area contributed by atoms with Crippen LogP contribution in [0.3, 0.4) is 0 Å². The Kier molecular flexibility index (Phi) is 15.9.